The number of aromatic nitrogens is 2. The lowest BCUT2D eigenvalue weighted by molar-refractivity contribution is -0.145. The van der Waals surface area contributed by atoms with Gasteiger partial charge >= 0.3 is 5.97 Å². The summed E-state index contributed by atoms with van der Waals surface area (Å²) in [6, 6.07) is 14.6. The van der Waals surface area contributed by atoms with Crippen LogP contribution in [-0.4, -0.2) is 16.1 Å². The molecule has 0 aliphatic heterocycles. The summed E-state index contributed by atoms with van der Waals surface area (Å²) >= 11 is 0. The number of aryl methyl sites for hydroxylation is 1. The number of benzene rings is 2. The molecule has 7 heteroatoms. The third-order valence-electron chi connectivity index (χ3n) is 3.57. The molecule has 3 aromatic rings. The fraction of sp³-hybridized carbons (Fsp3) is 0.158. The van der Waals surface area contributed by atoms with Crippen LogP contribution in [0.4, 0.5) is 4.39 Å². The minimum atomic E-state index is -0.408. The molecule has 2 aromatic carbocycles. The molecule has 0 bridgehead atoms. The van der Waals surface area contributed by atoms with E-state index in [1.165, 1.54) is 12.1 Å². The number of rotatable bonds is 6. The van der Waals surface area contributed by atoms with Gasteiger partial charge < -0.3 is 9.26 Å². The number of carbonyl (C=O) groups is 1. The Labute approximate surface area is 148 Å². The van der Waals surface area contributed by atoms with Crippen molar-refractivity contribution in [2.24, 2.45) is 0 Å². The Bertz CT molecular complexity index is 945. The van der Waals surface area contributed by atoms with Gasteiger partial charge in [-0.1, -0.05) is 17.3 Å². The fourth-order valence-electron chi connectivity index (χ4n) is 2.25. The maximum absolute atomic E-state index is 12.9. The lowest BCUT2D eigenvalue weighted by Gasteiger charge is -2.04. The first kappa shape index (κ1) is 17.3. The summed E-state index contributed by atoms with van der Waals surface area (Å²) in [5.41, 5.74) is 1.88. The first-order valence-electron chi connectivity index (χ1n) is 7.87. The van der Waals surface area contributed by atoms with Crippen molar-refractivity contribution >= 4 is 5.97 Å². The van der Waals surface area contributed by atoms with Gasteiger partial charge in [-0.05, 0) is 42.0 Å². The van der Waals surface area contributed by atoms with E-state index >= 15 is 0 Å². The molecule has 0 saturated carbocycles. The fourth-order valence-corrected chi connectivity index (χ4v) is 2.25. The van der Waals surface area contributed by atoms with Crippen LogP contribution in [0.3, 0.4) is 0 Å². The standard InChI is InChI=1S/C19H14FN3O3/c20-16-6-4-15(5-7-16)19-22-17(26-23-19)8-9-18(24)25-12-14-3-1-2-13(10-14)11-21/h1-7,10H,8-9,12H2. The molecule has 1 heterocycles. The normalized spacial score (nSPS) is 10.3. The molecule has 0 aliphatic carbocycles. The Morgan fingerprint density at radius 1 is 1.23 bits per heavy atom. The van der Waals surface area contributed by atoms with Gasteiger partial charge in [0.05, 0.1) is 18.1 Å². The molecule has 0 N–H and O–H groups in total. The molecule has 0 atom stereocenters. The van der Waals surface area contributed by atoms with Gasteiger partial charge in [0.2, 0.25) is 11.7 Å². The number of hydrogen-bond acceptors (Lipinski definition) is 6. The highest BCUT2D eigenvalue weighted by Gasteiger charge is 2.11. The molecule has 130 valence electrons. The van der Waals surface area contributed by atoms with Crippen molar-refractivity contribution in [1.82, 2.24) is 10.1 Å². The molecule has 0 radical (unpaired) electrons. The van der Waals surface area contributed by atoms with Crippen LogP contribution in [0.2, 0.25) is 0 Å². The molecule has 6 nitrogen and oxygen atoms in total. The first-order chi connectivity index (χ1) is 12.6. The number of nitriles is 1. The van der Waals surface area contributed by atoms with Crippen molar-refractivity contribution in [3.8, 4) is 17.5 Å². The van der Waals surface area contributed by atoms with Gasteiger partial charge in [-0.3, -0.25) is 4.79 Å². The zero-order valence-electron chi connectivity index (χ0n) is 13.7. The second-order valence-corrected chi connectivity index (χ2v) is 5.49. The summed E-state index contributed by atoms with van der Waals surface area (Å²) < 4.78 is 23.2. The van der Waals surface area contributed by atoms with Gasteiger partial charge in [-0.15, -0.1) is 0 Å². The highest BCUT2D eigenvalue weighted by atomic mass is 19.1. The maximum atomic E-state index is 12.9. The summed E-state index contributed by atoms with van der Waals surface area (Å²) in [5.74, 6) is -0.121. The van der Waals surface area contributed by atoms with E-state index in [1.807, 2.05) is 6.07 Å². The second kappa shape index (κ2) is 8.03. The lowest BCUT2D eigenvalue weighted by atomic mass is 10.1. The molecule has 1 aromatic heterocycles. The van der Waals surface area contributed by atoms with E-state index in [0.717, 1.165) is 5.56 Å². The average Bonchev–Trinajstić information content (AvgIpc) is 3.14. The zero-order valence-corrected chi connectivity index (χ0v) is 13.7. The summed E-state index contributed by atoms with van der Waals surface area (Å²) in [7, 11) is 0. The van der Waals surface area contributed by atoms with Crippen LogP contribution >= 0.6 is 0 Å². The Hall–Kier alpha value is -3.53. The Morgan fingerprint density at radius 3 is 2.81 bits per heavy atom. The van der Waals surface area contributed by atoms with E-state index in [-0.39, 0.29) is 25.3 Å². The maximum Gasteiger partial charge on any atom is 0.306 e. The van der Waals surface area contributed by atoms with Crippen LogP contribution in [-0.2, 0) is 22.6 Å². The summed E-state index contributed by atoms with van der Waals surface area (Å²) in [6.07, 6.45) is 0.328. The molecule has 0 aliphatic rings. The summed E-state index contributed by atoms with van der Waals surface area (Å²) in [4.78, 5) is 16.0. The number of ether oxygens (including phenoxy) is 1. The number of hydrogen-bond donors (Lipinski definition) is 0. The van der Waals surface area contributed by atoms with E-state index in [4.69, 9.17) is 14.5 Å². The van der Waals surface area contributed by atoms with Gasteiger partial charge in [0.1, 0.15) is 12.4 Å². The minimum Gasteiger partial charge on any atom is -0.461 e. The van der Waals surface area contributed by atoms with Gasteiger partial charge in [-0.2, -0.15) is 10.2 Å². The van der Waals surface area contributed by atoms with Crippen molar-refractivity contribution in [2.45, 2.75) is 19.4 Å². The van der Waals surface area contributed by atoms with Gasteiger partial charge in [-0.25, -0.2) is 4.39 Å². The predicted octanol–water partition coefficient (Wildman–Crippen LogP) is 3.42. The largest absolute Gasteiger partial charge is 0.461 e. The third kappa shape index (κ3) is 4.51. The van der Waals surface area contributed by atoms with Crippen molar-refractivity contribution < 1.29 is 18.4 Å². The molecule has 0 fully saturated rings. The molecule has 0 saturated heterocycles. The van der Waals surface area contributed by atoms with Crippen LogP contribution in [0.25, 0.3) is 11.4 Å². The van der Waals surface area contributed by atoms with Crippen molar-refractivity contribution in [1.29, 1.82) is 5.26 Å². The van der Waals surface area contributed by atoms with Gasteiger partial charge in [0, 0.05) is 12.0 Å². The summed E-state index contributed by atoms with van der Waals surface area (Å²) in [5, 5.41) is 12.7. The van der Waals surface area contributed by atoms with Crippen LogP contribution in [0, 0.1) is 17.1 Å². The molecular weight excluding hydrogens is 337 g/mol. The Kier molecular flexibility index (Phi) is 5.34. The molecule has 0 amide bonds. The van der Waals surface area contributed by atoms with E-state index in [0.29, 0.717) is 22.8 Å². The highest BCUT2D eigenvalue weighted by Crippen LogP contribution is 2.16. The number of nitrogens with zero attached hydrogens (tertiary/aromatic N) is 3. The average molecular weight is 351 g/mol. The number of halogens is 1. The topological polar surface area (TPSA) is 89.0 Å². The lowest BCUT2D eigenvalue weighted by Crippen LogP contribution is -2.06. The van der Waals surface area contributed by atoms with E-state index < -0.39 is 5.97 Å². The van der Waals surface area contributed by atoms with Gasteiger partial charge in [0.25, 0.3) is 0 Å². The van der Waals surface area contributed by atoms with E-state index in [2.05, 4.69) is 10.1 Å². The number of esters is 1. The quantitative estimate of drug-likeness (QED) is 0.632. The molecule has 0 spiro atoms. The van der Waals surface area contributed by atoms with Crippen molar-refractivity contribution in [3.05, 3.63) is 71.4 Å². The third-order valence-corrected chi connectivity index (χ3v) is 3.57. The van der Waals surface area contributed by atoms with Crippen LogP contribution in [0.1, 0.15) is 23.4 Å². The van der Waals surface area contributed by atoms with Crippen LogP contribution < -0.4 is 0 Å². The van der Waals surface area contributed by atoms with E-state index in [9.17, 15) is 9.18 Å². The van der Waals surface area contributed by atoms with Crippen LogP contribution in [0.5, 0.6) is 0 Å². The minimum absolute atomic E-state index is 0.0863. The monoisotopic (exact) mass is 351 g/mol. The molecule has 3 rings (SSSR count). The van der Waals surface area contributed by atoms with Crippen molar-refractivity contribution in [2.75, 3.05) is 0 Å². The number of carbonyl (C=O) groups excluding carboxylic acids is 1. The van der Waals surface area contributed by atoms with Crippen LogP contribution in [0.15, 0.2) is 53.1 Å². The smallest absolute Gasteiger partial charge is 0.306 e. The predicted molar refractivity (Wildman–Crippen MR) is 89.0 cm³/mol. The van der Waals surface area contributed by atoms with E-state index in [1.54, 1.807) is 36.4 Å². The SMILES string of the molecule is N#Cc1cccc(COC(=O)CCc2nc(-c3ccc(F)cc3)no2)c1. The molecule has 26 heavy (non-hydrogen) atoms. The molecular formula is C19H14FN3O3. The summed E-state index contributed by atoms with van der Waals surface area (Å²) in [6.45, 7) is 0.0962. The zero-order chi connectivity index (χ0) is 18.4. The highest BCUT2D eigenvalue weighted by molar-refractivity contribution is 5.69. The second-order valence-electron chi connectivity index (χ2n) is 5.49. The Morgan fingerprint density at radius 2 is 2.04 bits per heavy atom. The van der Waals surface area contributed by atoms with Gasteiger partial charge in [0.15, 0.2) is 0 Å². The Balaban J connectivity index is 1.50. The van der Waals surface area contributed by atoms with Crippen molar-refractivity contribution in [3.63, 3.8) is 0 Å². The first-order valence-corrected chi connectivity index (χ1v) is 7.87. The molecule has 0 unspecified atom stereocenters.